The first-order chi connectivity index (χ1) is 12.7. The molecule has 0 saturated carbocycles. The van der Waals surface area contributed by atoms with E-state index in [1.165, 1.54) is 11.1 Å². The molecule has 0 saturated heterocycles. The van der Waals surface area contributed by atoms with Gasteiger partial charge in [-0.25, -0.2) is 4.98 Å². The maximum Gasteiger partial charge on any atom is 0.254 e. The van der Waals surface area contributed by atoms with Crippen molar-refractivity contribution >= 4 is 17.6 Å². The van der Waals surface area contributed by atoms with Crippen molar-refractivity contribution in [3.8, 4) is 0 Å². The Kier molecular flexibility index (Phi) is 4.87. The summed E-state index contributed by atoms with van der Waals surface area (Å²) in [4.78, 5) is 21.1. The fourth-order valence-electron chi connectivity index (χ4n) is 3.19. The average Bonchev–Trinajstić information content (AvgIpc) is 2.97. The number of nitrogens with one attached hydrogen (secondary N) is 1. The lowest BCUT2D eigenvalue weighted by atomic mass is 9.84. The number of carbonyl (C=O) groups excluding carboxylic acids is 1. The molecular weight excluding hydrogens is 340 g/mol. The summed E-state index contributed by atoms with van der Waals surface area (Å²) >= 11 is 0. The molecule has 0 aliphatic rings. The predicted molar refractivity (Wildman–Crippen MR) is 106 cm³/mol. The predicted octanol–water partition coefficient (Wildman–Crippen LogP) is 2.27. The second-order valence-corrected chi connectivity index (χ2v) is 7.65. The highest BCUT2D eigenvalue weighted by Crippen LogP contribution is 2.23. The van der Waals surface area contributed by atoms with Gasteiger partial charge in [0.2, 0.25) is 11.9 Å². The zero-order valence-electron chi connectivity index (χ0n) is 16.5. The van der Waals surface area contributed by atoms with E-state index in [9.17, 15) is 4.79 Å². The van der Waals surface area contributed by atoms with Crippen molar-refractivity contribution < 1.29 is 4.79 Å². The van der Waals surface area contributed by atoms with Crippen LogP contribution in [-0.2, 0) is 16.6 Å². The Hall–Kier alpha value is -2.96. The van der Waals surface area contributed by atoms with Crippen molar-refractivity contribution in [2.24, 2.45) is 0 Å². The topological polar surface area (TPSA) is 98.2 Å². The number of anilines is 1. The molecule has 0 unspecified atom stereocenters. The molecule has 7 heteroatoms. The Morgan fingerprint density at radius 2 is 1.96 bits per heavy atom. The number of nitrogen functional groups attached to an aromatic ring is 1. The lowest BCUT2D eigenvalue weighted by Gasteiger charge is -2.26. The zero-order valence-corrected chi connectivity index (χ0v) is 16.5. The van der Waals surface area contributed by atoms with Gasteiger partial charge in [0.15, 0.2) is 0 Å². The number of carbonyl (C=O) groups is 1. The van der Waals surface area contributed by atoms with Crippen LogP contribution in [0.1, 0.15) is 41.9 Å². The highest BCUT2D eigenvalue weighted by molar-refractivity contribution is 5.79. The summed E-state index contributed by atoms with van der Waals surface area (Å²) in [5, 5.41) is 7.20. The van der Waals surface area contributed by atoms with E-state index in [-0.39, 0.29) is 23.7 Å². The van der Waals surface area contributed by atoms with E-state index < -0.39 is 0 Å². The normalized spacial score (nSPS) is 11.7. The molecule has 0 fully saturated rings. The van der Waals surface area contributed by atoms with Crippen molar-refractivity contribution in [3.05, 3.63) is 52.3 Å². The molecule has 7 nitrogen and oxygen atoms in total. The van der Waals surface area contributed by atoms with Crippen molar-refractivity contribution in [1.82, 2.24) is 24.9 Å². The van der Waals surface area contributed by atoms with Gasteiger partial charge in [0.25, 0.3) is 5.78 Å². The maximum atomic E-state index is 12.6. The standard InChI is InChI=1S/C20H26N6O/c1-12-7-6-8-15(9-12)20(4,5)11-22-17(27)10-16-13(2)23-19-24-18(21)25-26(19)14(16)3/h6-9H,10-11H2,1-5H3,(H2,21,25)(H,22,27). The molecule has 3 rings (SSSR count). The number of benzene rings is 1. The van der Waals surface area contributed by atoms with E-state index in [0.717, 1.165) is 17.0 Å². The lowest BCUT2D eigenvalue weighted by Crippen LogP contribution is -2.37. The Morgan fingerprint density at radius 1 is 1.22 bits per heavy atom. The molecule has 3 aromatic rings. The van der Waals surface area contributed by atoms with Crippen LogP contribution >= 0.6 is 0 Å². The van der Waals surface area contributed by atoms with Gasteiger partial charge < -0.3 is 11.1 Å². The van der Waals surface area contributed by atoms with Gasteiger partial charge in [0, 0.05) is 28.9 Å². The van der Waals surface area contributed by atoms with E-state index in [0.29, 0.717) is 12.3 Å². The van der Waals surface area contributed by atoms with Gasteiger partial charge in [-0.2, -0.15) is 9.50 Å². The first kappa shape index (κ1) is 18.8. The molecule has 3 N–H and O–H groups in total. The molecule has 1 amide bonds. The fraction of sp³-hybridized carbons (Fsp3) is 0.400. The fourth-order valence-corrected chi connectivity index (χ4v) is 3.19. The van der Waals surface area contributed by atoms with Crippen molar-refractivity contribution in [2.75, 3.05) is 12.3 Å². The minimum Gasteiger partial charge on any atom is -0.366 e. The van der Waals surface area contributed by atoms with Crippen molar-refractivity contribution in [2.45, 2.75) is 46.5 Å². The van der Waals surface area contributed by atoms with Gasteiger partial charge in [-0.1, -0.05) is 43.7 Å². The van der Waals surface area contributed by atoms with Crippen molar-refractivity contribution in [3.63, 3.8) is 0 Å². The van der Waals surface area contributed by atoms with E-state index >= 15 is 0 Å². The third kappa shape index (κ3) is 3.92. The maximum absolute atomic E-state index is 12.6. The Bertz CT molecular complexity index is 1010. The van der Waals surface area contributed by atoms with Crippen LogP contribution in [0.5, 0.6) is 0 Å². The summed E-state index contributed by atoms with van der Waals surface area (Å²) in [7, 11) is 0. The molecule has 27 heavy (non-hydrogen) atoms. The minimum atomic E-state index is -0.158. The van der Waals surface area contributed by atoms with E-state index in [2.05, 4.69) is 59.4 Å². The Labute approximate surface area is 159 Å². The molecule has 0 atom stereocenters. The molecular formula is C20H26N6O. The van der Waals surface area contributed by atoms with E-state index in [1.807, 2.05) is 19.9 Å². The average molecular weight is 366 g/mol. The largest absolute Gasteiger partial charge is 0.366 e. The SMILES string of the molecule is Cc1cccc(C(C)(C)CNC(=O)Cc2c(C)nc3nc(N)nn3c2C)c1. The third-order valence-corrected chi connectivity index (χ3v) is 4.93. The van der Waals surface area contributed by atoms with Crippen LogP contribution in [0.2, 0.25) is 0 Å². The summed E-state index contributed by atoms with van der Waals surface area (Å²) in [6.07, 6.45) is 0.240. The van der Waals surface area contributed by atoms with E-state index in [4.69, 9.17) is 5.73 Å². The van der Waals surface area contributed by atoms with Gasteiger partial charge in [-0.05, 0) is 26.3 Å². The summed E-state index contributed by atoms with van der Waals surface area (Å²) in [6, 6.07) is 8.38. The first-order valence-corrected chi connectivity index (χ1v) is 8.99. The number of aromatic nitrogens is 4. The van der Waals surface area contributed by atoms with Gasteiger partial charge in [-0.15, -0.1) is 5.10 Å². The summed E-state index contributed by atoms with van der Waals surface area (Å²) in [6.45, 7) is 10.7. The van der Waals surface area contributed by atoms with Crippen LogP contribution in [0.3, 0.4) is 0 Å². The second kappa shape index (κ2) is 6.98. The monoisotopic (exact) mass is 366 g/mol. The smallest absolute Gasteiger partial charge is 0.254 e. The van der Waals surface area contributed by atoms with Crippen LogP contribution in [0.15, 0.2) is 24.3 Å². The quantitative estimate of drug-likeness (QED) is 0.722. The molecule has 0 aliphatic heterocycles. The molecule has 1 aromatic carbocycles. The van der Waals surface area contributed by atoms with Gasteiger partial charge in [0.1, 0.15) is 0 Å². The summed E-state index contributed by atoms with van der Waals surface area (Å²) in [5.74, 6) is 0.579. The molecule has 0 spiro atoms. The number of hydrogen-bond donors (Lipinski definition) is 2. The molecule has 0 radical (unpaired) electrons. The number of nitrogens with zero attached hydrogens (tertiary/aromatic N) is 4. The number of aryl methyl sites for hydroxylation is 3. The molecule has 2 aromatic heterocycles. The Balaban J connectivity index is 1.73. The van der Waals surface area contributed by atoms with Crippen LogP contribution in [0.25, 0.3) is 5.78 Å². The van der Waals surface area contributed by atoms with Gasteiger partial charge in [-0.3, -0.25) is 4.79 Å². The van der Waals surface area contributed by atoms with E-state index in [1.54, 1.807) is 4.52 Å². The highest BCUT2D eigenvalue weighted by atomic mass is 16.1. The van der Waals surface area contributed by atoms with Crippen LogP contribution in [-0.4, -0.2) is 32.0 Å². The summed E-state index contributed by atoms with van der Waals surface area (Å²) in [5.41, 5.74) is 10.4. The molecule has 0 aliphatic carbocycles. The Morgan fingerprint density at radius 3 is 2.67 bits per heavy atom. The number of amides is 1. The number of rotatable bonds is 5. The minimum absolute atomic E-state index is 0.0452. The molecule has 142 valence electrons. The summed E-state index contributed by atoms with van der Waals surface area (Å²) < 4.78 is 1.58. The number of nitrogens with two attached hydrogens (primary N) is 1. The molecule has 0 bridgehead atoms. The third-order valence-electron chi connectivity index (χ3n) is 4.93. The second-order valence-electron chi connectivity index (χ2n) is 7.65. The van der Waals surface area contributed by atoms with Crippen LogP contribution in [0.4, 0.5) is 5.95 Å². The zero-order chi connectivity index (χ0) is 19.8. The first-order valence-electron chi connectivity index (χ1n) is 8.99. The van der Waals surface area contributed by atoms with Gasteiger partial charge >= 0.3 is 0 Å². The highest BCUT2D eigenvalue weighted by Gasteiger charge is 2.22. The van der Waals surface area contributed by atoms with Crippen LogP contribution in [0, 0.1) is 20.8 Å². The van der Waals surface area contributed by atoms with Crippen LogP contribution < -0.4 is 11.1 Å². The number of fused-ring (bicyclic) bond motifs is 1. The van der Waals surface area contributed by atoms with Gasteiger partial charge in [0.05, 0.1) is 6.42 Å². The number of hydrogen-bond acceptors (Lipinski definition) is 5. The molecule has 2 heterocycles. The lowest BCUT2D eigenvalue weighted by molar-refractivity contribution is -0.120. The van der Waals surface area contributed by atoms with Crippen molar-refractivity contribution in [1.29, 1.82) is 0 Å².